The third-order valence-corrected chi connectivity index (χ3v) is 7.39. The second-order valence-corrected chi connectivity index (χ2v) is 8.76. The molecule has 4 atom stereocenters. The molecule has 2 aliphatic heterocycles. The lowest BCUT2D eigenvalue weighted by Crippen LogP contribution is -2.46. The summed E-state index contributed by atoms with van der Waals surface area (Å²) in [6, 6.07) is 6.74. The largest absolute Gasteiger partial charge is 0.343 e. The van der Waals surface area contributed by atoms with Crippen LogP contribution in [0.5, 0.6) is 0 Å². The molecule has 0 bridgehead atoms. The van der Waals surface area contributed by atoms with Crippen molar-refractivity contribution in [2.45, 2.75) is 58.9 Å². The van der Waals surface area contributed by atoms with E-state index in [0.717, 1.165) is 38.9 Å². The van der Waals surface area contributed by atoms with Crippen LogP contribution in [0.1, 0.15) is 56.7 Å². The zero-order valence-corrected chi connectivity index (χ0v) is 17.1. The van der Waals surface area contributed by atoms with Crippen molar-refractivity contribution in [2.75, 3.05) is 19.6 Å². The maximum Gasteiger partial charge on any atom is 0.226 e. The Kier molecular flexibility index (Phi) is 4.56. The summed E-state index contributed by atoms with van der Waals surface area (Å²) in [5, 5.41) is 0. The number of rotatable bonds is 3. The van der Waals surface area contributed by atoms with E-state index in [4.69, 9.17) is 0 Å². The first-order valence-corrected chi connectivity index (χ1v) is 10.6. The maximum atomic E-state index is 13.4. The van der Waals surface area contributed by atoms with Gasteiger partial charge in [-0.3, -0.25) is 9.59 Å². The fourth-order valence-corrected chi connectivity index (χ4v) is 6.31. The Morgan fingerprint density at radius 2 is 2.04 bits per heavy atom. The average Bonchev–Trinajstić information content (AvgIpc) is 2.98. The van der Waals surface area contributed by atoms with Crippen molar-refractivity contribution in [1.82, 2.24) is 9.80 Å². The molecule has 2 fully saturated rings. The molecule has 1 aromatic carbocycles. The molecule has 0 N–H and O–H groups in total. The fraction of sp³-hybridized carbons (Fsp3) is 0.652. The summed E-state index contributed by atoms with van der Waals surface area (Å²) in [6.45, 7) is 10.8. The molecule has 4 heteroatoms. The minimum atomic E-state index is -0.274. The number of nitrogens with zero attached hydrogens (tertiary/aromatic N) is 2. The quantitative estimate of drug-likeness (QED) is 0.819. The van der Waals surface area contributed by atoms with E-state index in [0.29, 0.717) is 12.3 Å². The third-order valence-electron chi connectivity index (χ3n) is 7.39. The van der Waals surface area contributed by atoms with Gasteiger partial charge in [-0.2, -0.15) is 0 Å². The lowest BCUT2D eigenvalue weighted by Gasteiger charge is -2.39. The van der Waals surface area contributed by atoms with Crippen molar-refractivity contribution in [3.05, 3.63) is 34.9 Å². The SMILES string of the molecule is CCN(CC)C(=O)[C@@H]1[C@@H](C)CC23c4ccc(C)cc4CCCN2C(=O)C[C@@H]13. The summed E-state index contributed by atoms with van der Waals surface area (Å²) in [7, 11) is 0. The van der Waals surface area contributed by atoms with Gasteiger partial charge < -0.3 is 9.80 Å². The van der Waals surface area contributed by atoms with Crippen molar-refractivity contribution in [2.24, 2.45) is 17.8 Å². The Morgan fingerprint density at radius 3 is 2.74 bits per heavy atom. The Morgan fingerprint density at radius 1 is 1.30 bits per heavy atom. The van der Waals surface area contributed by atoms with Gasteiger partial charge in [0, 0.05) is 37.9 Å². The van der Waals surface area contributed by atoms with Crippen LogP contribution >= 0.6 is 0 Å². The van der Waals surface area contributed by atoms with Gasteiger partial charge in [-0.25, -0.2) is 0 Å². The van der Waals surface area contributed by atoms with Crippen LogP contribution in [0.15, 0.2) is 18.2 Å². The van der Waals surface area contributed by atoms with E-state index in [1.807, 2.05) is 18.7 Å². The maximum absolute atomic E-state index is 13.4. The highest BCUT2D eigenvalue weighted by atomic mass is 16.2. The topological polar surface area (TPSA) is 40.6 Å². The average molecular weight is 369 g/mol. The van der Waals surface area contributed by atoms with Crippen molar-refractivity contribution in [3.8, 4) is 0 Å². The molecular formula is C23H32N2O2. The first-order valence-electron chi connectivity index (χ1n) is 10.6. The summed E-state index contributed by atoms with van der Waals surface area (Å²) < 4.78 is 0. The minimum absolute atomic E-state index is 0.0499. The highest BCUT2D eigenvalue weighted by Crippen LogP contribution is 2.60. The van der Waals surface area contributed by atoms with E-state index < -0.39 is 0 Å². The van der Waals surface area contributed by atoms with Gasteiger partial charge in [0.15, 0.2) is 0 Å². The van der Waals surface area contributed by atoms with Gasteiger partial charge in [-0.05, 0) is 57.1 Å². The van der Waals surface area contributed by atoms with Crippen LogP contribution in [0.2, 0.25) is 0 Å². The zero-order valence-electron chi connectivity index (χ0n) is 17.1. The van der Waals surface area contributed by atoms with Gasteiger partial charge in [0.05, 0.1) is 5.54 Å². The molecule has 0 aromatic heterocycles. The zero-order chi connectivity index (χ0) is 19.3. The summed E-state index contributed by atoms with van der Waals surface area (Å²) in [6.07, 6.45) is 3.48. The summed E-state index contributed by atoms with van der Waals surface area (Å²) >= 11 is 0. The number of hydrogen-bond donors (Lipinski definition) is 0. The molecular weight excluding hydrogens is 336 g/mol. The molecule has 1 unspecified atom stereocenters. The van der Waals surface area contributed by atoms with Gasteiger partial charge >= 0.3 is 0 Å². The van der Waals surface area contributed by atoms with E-state index >= 15 is 0 Å². The first-order chi connectivity index (χ1) is 12.9. The molecule has 4 rings (SSSR count). The van der Waals surface area contributed by atoms with E-state index in [1.165, 1.54) is 16.7 Å². The fourth-order valence-electron chi connectivity index (χ4n) is 6.31. The van der Waals surface area contributed by atoms with Crippen LogP contribution in [0, 0.1) is 24.7 Å². The molecule has 146 valence electrons. The molecule has 1 aliphatic carbocycles. The van der Waals surface area contributed by atoms with E-state index in [-0.39, 0.29) is 29.2 Å². The number of benzene rings is 1. The van der Waals surface area contributed by atoms with Crippen molar-refractivity contribution < 1.29 is 9.59 Å². The highest BCUT2D eigenvalue weighted by Gasteiger charge is 2.64. The second-order valence-electron chi connectivity index (χ2n) is 8.76. The number of aryl methyl sites for hydroxylation is 2. The van der Waals surface area contributed by atoms with E-state index in [9.17, 15) is 9.59 Å². The monoisotopic (exact) mass is 368 g/mol. The van der Waals surface area contributed by atoms with Gasteiger partial charge in [-0.1, -0.05) is 30.7 Å². The van der Waals surface area contributed by atoms with Crippen molar-refractivity contribution >= 4 is 11.8 Å². The first kappa shape index (κ1) is 18.5. The normalized spacial score (nSPS) is 31.9. The molecule has 4 nitrogen and oxygen atoms in total. The highest BCUT2D eigenvalue weighted by molar-refractivity contribution is 5.86. The molecule has 27 heavy (non-hydrogen) atoms. The Bertz CT molecular complexity index is 770. The van der Waals surface area contributed by atoms with Crippen molar-refractivity contribution in [3.63, 3.8) is 0 Å². The van der Waals surface area contributed by atoms with Gasteiger partial charge in [0.25, 0.3) is 0 Å². The van der Waals surface area contributed by atoms with Crippen LogP contribution in [0.4, 0.5) is 0 Å². The molecule has 2 amide bonds. The molecule has 1 aromatic rings. The van der Waals surface area contributed by atoms with Gasteiger partial charge in [0.1, 0.15) is 0 Å². The van der Waals surface area contributed by atoms with Gasteiger partial charge in [0.2, 0.25) is 11.8 Å². The van der Waals surface area contributed by atoms with Crippen LogP contribution in [-0.4, -0.2) is 41.2 Å². The van der Waals surface area contributed by atoms with Crippen molar-refractivity contribution in [1.29, 1.82) is 0 Å². The van der Waals surface area contributed by atoms with Gasteiger partial charge in [-0.15, -0.1) is 0 Å². The Labute approximate surface area is 162 Å². The lowest BCUT2D eigenvalue weighted by atomic mass is 9.76. The standard InChI is InChI=1S/C23H32N2O2/c1-5-24(6-2)22(27)21-16(4)14-23-18-10-9-15(3)12-17(18)8-7-11-25(23)20(26)13-19(21)23/h9-10,12,16,19,21H,5-8,11,13-14H2,1-4H3/t16-,19-,21+,23?/m0/s1. The summed E-state index contributed by atoms with van der Waals surface area (Å²) in [5.74, 6) is 0.851. The number of fused-ring (bicyclic) bond motifs is 1. The van der Waals surface area contributed by atoms with E-state index in [2.05, 4.69) is 36.9 Å². The predicted octanol–water partition coefficient (Wildman–Crippen LogP) is 3.51. The van der Waals surface area contributed by atoms with Crippen LogP contribution in [-0.2, 0) is 21.5 Å². The minimum Gasteiger partial charge on any atom is -0.343 e. The number of carbonyl (C=O) groups is 2. The van der Waals surface area contributed by atoms with E-state index in [1.54, 1.807) is 0 Å². The lowest BCUT2D eigenvalue weighted by molar-refractivity contribution is -0.137. The second kappa shape index (κ2) is 6.65. The number of carbonyl (C=O) groups excluding carboxylic acids is 2. The molecule has 2 heterocycles. The third kappa shape index (κ3) is 2.55. The molecule has 1 saturated carbocycles. The number of amides is 2. The van der Waals surface area contributed by atoms with Crippen LogP contribution < -0.4 is 0 Å². The van der Waals surface area contributed by atoms with Crippen LogP contribution in [0.25, 0.3) is 0 Å². The smallest absolute Gasteiger partial charge is 0.226 e. The Hall–Kier alpha value is -1.84. The molecule has 3 aliphatic rings. The number of hydrogen-bond acceptors (Lipinski definition) is 2. The summed E-state index contributed by atoms with van der Waals surface area (Å²) in [5.41, 5.74) is 3.72. The molecule has 0 radical (unpaired) electrons. The van der Waals surface area contributed by atoms with Crippen LogP contribution in [0.3, 0.4) is 0 Å². The summed E-state index contributed by atoms with van der Waals surface area (Å²) in [4.78, 5) is 30.5. The predicted molar refractivity (Wildman–Crippen MR) is 106 cm³/mol. The molecule has 1 spiro atoms. The Balaban J connectivity index is 1.84. The molecule has 1 saturated heterocycles.